The number of carbonyl (C=O) groups excluding carboxylic acids is 1. The predicted molar refractivity (Wildman–Crippen MR) is 126 cm³/mol. The van der Waals surface area contributed by atoms with E-state index in [4.69, 9.17) is 4.74 Å². The van der Waals surface area contributed by atoms with Crippen molar-refractivity contribution in [3.63, 3.8) is 0 Å². The molecule has 2 aliphatic rings. The molecule has 0 saturated carbocycles. The molecule has 34 heavy (non-hydrogen) atoms. The number of rotatable bonds is 7. The number of piperidine rings is 1. The molecule has 184 valence electrons. The predicted octanol–water partition coefficient (Wildman–Crippen LogP) is 3.93. The van der Waals surface area contributed by atoms with E-state index in [2.05, 4.69) is 9.88 Å². The molecule has 2 saturated heterocycles. The summed E-state index contributed by atoms with van der Waals surface area (Å²) in [6.07, 6.45) is 3.54. The van der Waals surface area contributed by atoms with Crippen LogP contribution in [0.5, 0.6) is 5.75 Å². The zero-order chi connectivity index (χ0) is 24.3. The summed E-state index contributed by atoms with van der Waals surface area (Å²) in [5.74, 6) is 0.0653. The summed E-state index contributed by atoms with van der Waals surface area (Å²) in [7, 11) is 0. The molecule has 1 aromatic carbocycles. The van der Waals surface area contributed by atoms with E-state index in [1.54, 1.807) is 32.2 Å². The third-order valence-electron chi connectivity index (χ3n) is 6.47. The number of amides is 1. The Morgan fingerprint density at radius 2 is 1.94 bits per heavy atom. The number of benzene rings is 1. The van der Waals surface area contributed by atoms with E-state index in [1.807, 2.05) is 6.07 Å². The van der Waals surface area contributed by atoms with Crippen LogP contribution >= 0.6 is 0 Å². The second-order valence-corrected chi connectivity index (χ2v) is 10.0. The highest BCUT2D eigenvalue weighted by atomic mass is 19.1. The Morgan fingerprint density at radius 3 is 2.53 bits per heavy atom. The summed E-state index contributed by atoms with van der Waals surface area (Å²) in [6.45, 7) is 6.69. The molecule has 1 amide bonds. The molecular weight excluding hydrogens is 440 g/mol. The lowest BCUT2D eigenvalue weighted by atomic mass is 9.97. The van der Waals surface area contributed by atoms with Crippen molar-refractivity contribution in [3.8, 4) is 17.0 Å². The largest absolute Gasteiger partial charge is 0.492 e. The topological polar surface area (TPSA) is 65.9 Å². The van der Waals surface area contributed by atoms with Crippen LogP contribution in [0.2, 0.25) is 0 Å². The molecule has 0 spiro atoms. The summed E-state index contributed by atoms with van der Waals surface area (Å²) < 4.78 is 34.4. The second-order valence-electron chi connectivity index (χ2n) is 10.0. The van der Waals surface area contributed by atoms with Gasteiger partial charge in [0.1, 0.15) is 17.2 Å². The van der Waals surface area contributed by atoms with Gasteiger partial charge in [-0.2, -0.15) is 0 Å². The first-order chi connectivity index (χ1) is 16.2. The van der Waals surface area contributed by atoms with Crippen LogP contribution in [0.1, 0.15) is 43.5 Å². The van der Waals surface area contributed by atoms with Gasteiger partial charge in [0, 0.05) is 25.2 Å². The van der Waals surface area contributed by atoms with Crippen LogP contribution in [0, 0.1) is 11.7 Å². The van der Waals surface area contributed by atoms with Crippen LogP contribution in [0.3, 0.4) is 0 Å². The summed E-state index contributed by atoms with van der Waals surface area (Å²) in [5, 5.41) is 9.62. The monoisotopic (exact) mass is 473 g/mol. The maximum absolute atomic E-state index is 14.7. The molecule has 0 radical (unpaired) electrons. The van der Waals surface area contributed by atoms with Gasteiger partial charge in [-0.3, -0.25) is 9.78 Å². The van der Waals surface area contributed by atoms with Gasteiger partial charge < -0.3 is 19.6 Å². The van der Waals surface area contributed by atoms with Crippen molar-refractivity contribution < 1.29 is 23.4 Å². The zero-order valence-corrected chi connectivity index (χ0v) is 19.8. The normalized spacial score (nSPS) is 20.0. The van der Waals surface area contributed by atoms with Gasteiger partial charge in [-0.1, -0.05) is 6.07 Å². The fraction of sp³-hybridized carbons (Fsp3) is 0.538. The highest BCUT2D eigenvalue weighted by Crippen LogP contribution is 2.25. The number of pyridine rings is 1. The Bertz CT molecular complexity index is 986. The lowest BCUT2D eigenvalue weighted by Gasteiger charge is -2.34. The summed E-state index contributed by atoms with van der Waals surface area (Å²) in [6, 6.07) is 8.05. The smallest absolute Gasteiger partial charge is 0.256 e. The molecule has 3 heterocycles. The SMILES string of the molecule is CC(C)(F)CN1CCC(COc2ccc(-c3ccc(C(=O)N4CCC(O)C4)c(F)c3)nc2)CC1. The average Bonchev–Trinajstić information content (AvgIpc) is 3.24. The maximum Gasteiger partial charge on any atom is 0.256 e. The lowest BCUT2D eigenvalue weighted by molar-refractivity contribution is 0.0760. The van der Waals surface area contributed by atoms with Crippen molar-refractivity contribution in [2.75, 3.05) is 39.3 Å². The number of aliphatic hydroxyl groups is 1. The number of halogens is 2. The molecule has 1 unspecified atom stereocenters. The minimum atomic E-state index is -1.17. The molecule has 2 aromatic rings. The van der Waals surface area contributed by atoms with Crippen LogP contribution in [-0.2, 0) is 0 Å². The standard InChI is InChI=1S/C26H33F2N3O3/c1-26(2,28)17-30-10-7-18(8-11-30)16-34-21-4-6-24(29-14-21)19-3-5-22(23(27)13-19)25(33)31-12-9-20(32)15-31/h3-6,13-14,18,20,32H,7-12,15-17H2,1-2H3. The van der Waals surface area contributed by atoms with E-state index in [1.165, 1.54) is 17.0 Å². The first-order valence-electron chi connectivity index (χ1n) is 12.0. The Balaban J connectivity index is 1.30. The van der Waals surface area contributed by atoms with E-state index in [-0.39, 0.29) is 12.1 Å². The Hall–Kier alpha value is -2.58. The van der Waals surface area contributed by atoms with Gasteiger partial charge in [-0.05, 0) is 76.4 Å². The summed E-state index contributed by atoms with van der Waals surface area (Å²) in [4.78, 5) is 20.5. The third-order valence-corrected chi connectivity index (χ3v) is 6.47. The van der Waals surface area contributed by atoms with Crippen molar-refractivity contribution in [2.45, 2.75) is 44.9 Å². The van der Waals surface area contributed by atoms with Gasteiger partial charge in [0.05, 0.1) is 30.2 Å². The number of aliphatic hydroxyl groups excluding tert-OH is 1. The molecule has 1 atom stereocenters. The van der Waals surface area contributed by atoms with Crippen LogP contribution in [0.4, 0.5) is 8.78 Å². The molecular formula is C26H33F2N3O3. The van der Waals surface area contributed by atoms with Gasteiger partial charge in [0.2, 0.25) is 0 Å². The van der Waals surface area contributed by atoms with Gasteiger partial charge in [0.15, 0.2) is 0 Å². The van der Waals surface area contributed by atoms with Crippen LogP contribution in [0.25, 0.3) is 11.3 Å². The molecule has 8 heteroatoms. The maximum atomic E-state index is 14.7. The summed E-state index contributed by atoms with van der Waals surface area (Å²) >= 11 is 0. The fourth-order valence-corrected chi connectivity index (χ4v) is 4.64. The van der Waals surface area contributed by atoms with E-state index in [0.717, 1.165) is 25.9 Å². The minimum Gasteiger partial charge on any atom is -0.492 e. The van der Waals surface area contributed by atoms with E-state index in [9.17, 15) is 18.7 Å². The van der Waals surface area contributed by atoms with Crippen molar-refractivity contribution in [1.82, 2.24) is 14.8 Å². The summed E-state index contributed by atoms with van der Waals surface area (Å²) in [5.41, 5.74) is -0.0133. The Labute approximate surface area is 199 Å². The molecule has 0 aliphatic carbocycles. The van der Waals surface area contributed by atoms with Gasteiger partial charge in [-0.25, -0.2) is 8.78 Å². The quantitative estimate of drug-likeness (QED) is 0.660. The number of carbonyl (C=O) groups is 1. The lowest BCUT2D eigenvalue weighted by Crippen LogP contribution is -2.41. The molecule has 0 bridgehead atoms. The Kier molecular flexibility index (Phi) is 7.48. The number of alkyl halides is 1. The van der Waals surface area contributed by atoms with Gasteiger partial charge >= 0.3 is 0 Å². The zero-order valence-electron chi connectivity index (χ0n) is 19.8. The average molecular weight is 474 g/mol. The van der Waals surface area contributed by atoms with Crippen LogP contribution in [-0.4, -0.2) is 76.9 Å². The Morgan fingerprint density at radius 1 is 1.18 bits per heavy atom. The molecule has 6 nitrogen and oxygen atoms in total. The number of nitrogens with zero attached hydrogens (tertiary/aromatic N) is 3. The first kappa shape index (κ1) is 24.5. The van der Waals surface area contributed by atoms with E-state index in [0.29, 0.717) is 49.0 Å². The number of likely N-dealkylation sites (tertiary alicyclic amines) is 2. The molecule has 4 rings (SSSR count). The second kappa shape index (κ2) is 10.4. The van der Waals surface area contributed by atoms with Gasteiger partial charge in [-0.15, -0.1) is 0 Å². The highest BCUT2D eigenvalue weighted by Gasteiger charge is 2.27. The first-order valence-corrected chi connectivity index (χ1v) is 12.0. The molecule has 1 N–H and O–H groups in total. The van der Waals surface area contributed by atoms with Crippen molar-refractivity contribution in [3.05, 3.63) is 47.9 Å². The van der Waals surface area contributed by atoms with Crippen LogP contribution in [0.15, 0.2) is 36.5 Å². The van der Waals surface area contributed by atoms with Crippen molar-refractivity contribution >= 4 is 5.91 Å². The highest BCUT2D eigenvalue weighted by molar-refractivity contribution is 5.95. The number of hydrogen-bond acceptors (Lipinski definition) is 5. The van der Waals surface area contributed by atoms with Crippen molar-refractivity contribution in [2.24, 2.45) is 5.92 Å². The number of aromatic nitrogens is 1. The van der Waals surface area contributed by atoms with E-state index >= 15 is 0 Å². The fourth-order valence-electron chi connectivity index (χ4n) is 4.64. The van der Waals surface area contributed by atoms with E-state index < -0.39 is 23.5 Å². The van der Waals surface area contributed by atoms with Crippen molar-refractivity contribution in [1.29, 1.82) is 0 Å². The number of β-amino-alcohol motifs (C(OH)–C–C–N with tert-alkyl or cyclic N) is 1. The van der Waals surface area contributed by atoms with Crippen LogP contribution < -0.4 is 4.74 Å². The minimum absolute atomic E-state index is 0.000992. The van der Waals surface area contributed by atoms with Gasteiger partial charge in [0.25, 0.3) is 5.91 Å². The molecule has 1 aromatic heterocycles. The number of hydrogen-bond donors (Lipinski definition) is 1. The molecule has 2 fully saturated rings. The molecule has 2 aliphatic heterocycles. The third kappa shape index (κ3) is 6.30. The number of ether oxygens (including phenoxy) is 1.